The van der Waals surface area contributed by atoms with E-state index >= 15 is 0 Å². The van der Waals surface area contributed by atoms with E-state index in [1.54, 1.807) is 11.9 Å². The third kappa shape index (κ3) is 2.55. The number of hydrogen-bond acceptors (Lipinski definition) is 4. The second-order valence-electron chi connectivity index (χ2n) is 8.37. The molecule has 1 aromatic carbocycles. The van der Waals surface area contributed by atoms with Crippen molar-refractivity contribution in [2.24, 2.45) is 0 Å². The van der Waals surface area contributed by atoms with Crippen LogP contribution < -0.4 is 9.80 Å². The highest BCUT2D eigenvalue weighted by Crippen LogP contribution is 2.51. The highest BCUT2D eigenvalue weighted by atomic mass is 16.6. The van der Waals surface area contributed by atoms with Crippen molar-refractivity contribution < 1.29 is 9.53 Å². The molecule has 0 aromatic heterocycles. The lowest BCUT2D eigenvalue weighted by Gasteiger charge is -2.32. The molecule has 0 aliphatic carbocycles. The summed E-state index contributed by atoms with van der Waals surface area (Å²) < 4.78 is 5.49. The number of benzene rings is 1. The number of likely N-dealkylation sites (N-methyl/N-ethyl adjacent to an activating group) is 2. The van der Waals surface area contributed by atoms with Gasteiger partial charge < -0.3 is 9.64 Å². The van der Waals surface area contributed by atoms with Crippen molar-refractivity contribution in [1.29, 1.82) is 0 Å². The minimum atomic E-state index is -0.493. The minimum absolute atomic E-state index is 0.101. The van der Waals surface area contributed by atoms with Crippen LogP contribution in [0.25, 0.3) is 0 Å². The maximum atomic E-state index is 12.4. The lowest BCUT2D eigenvalue weighted by Crippen LogP contribution is -2.45. The maximum Gasteiger partial charge on any atom is 0.414 e. The average Bonchev–Trinajstić information content (AvgIpc) is 2.90. The number of amides is 1. The van der Waals surface area contributed by atoms with E-state index in [-0.39, 0.29) is 11.5 Å². The molecule has 2 aliphatic heterocycles. The molecule has 1 aromatic rings. The van der Waals surface area contributed by atoms with Crippen LogP contribution in [0, 0.1) is 0 Å². The van der Waals surface area contributed by atoms with Crippen molar-refractivity contribution >= 4 is 17.5 Å². The van der Waals surface area contributed by atoms with Gasteiger partial charge in [-0.25, -0.2) is 4.79 Å². The molecule has 5 heteroatoms. The molecule has 1 amide bonds. The Morgan fingerprint density at radius 3 is 2.62 bits per heavy atom. The first kappa shape index (κ1) is 17.1. The van der Waals surface area contributed by atoms with E-state index in [0.717, 1.165) is 18.7 Å². The summed E-state index contributed by atoms with van der Waals surface area (Å²) in [5.41, 5.74) is 3.08. The topological polar surface area (TPSA) is 36.0 Å². The summed E-state index contributed by atoms with van der Waals surface area (Å²) in [4.78, 5) is 18.7. The van der Waals surface area contributed by atoms with Crippen LogP contribution in [0.2, 0.25) is 0 Å². The molecule has 0 N–H and O–H groups in total. The summed E-state index contributed by atoms with van der Waals surface area (Å²) in [6.07, 6.45) is 1.19. The fraction of sp³-hybridized carbons (Fsp3) is 0.632. The molecule has 2 unspecified atom stereocenters. The minimum Gasteiger partial charge on any atom is -0.443 e. The monoisotopic (exact) mass is 331 g/mol. The molecule has 5 nitrogen and oxygen atoms in total. The van der Waals surface area contributed by atoms with E-state index in [1.807, 2.05) is 26.8 Å². The summed E-state index contributed by atoms with van der Waals surface area (Å²) >= 11 is 0. The van der Waals surface area contributed by atoms with Crippen LogP contribution in [0.15, 0.2) is 18.2 Å². The van der Waals surface area contributed by atoms with Gasteiger partial charge in [0.15, 0.2) is 0 Å². The molecule has 2 heterocycles. The average molecular weight is 331 g/mol. The first-order chi connectivity index (χ1) is 11.0. The lowest BCUT2D eigenvalue weighted by molar-refractivity contribution is 0.0589. The lowest BCUT2D eigenvalue weighted by atomic mass is 9.81. The molecule has 3 rings (SSSR count). The highest BCUT2D eigenvalue weighted by molar-refractivity contribution is 5.88. The first-order valence-electron chi connectivity index (χ1n) is 8.59. The van der Waals surface area contributed by atoms with E-state index < -0.39 is 5.60 Å². The van der Waals surface area contributed by atoms with Crippen LogP contribution in [-0.4, -0.2) is 50.4 Å². The molecule has 132 valence electrons. The smallest absolute Gasteiger partial charge is 0.414 e. The molecule has 0 spiro atoms. The SMILES string of the molecule is CN(C(=O)OC(C)(C)C)c1ccc2c(c1)C1(C)CCN(C)C1N2C. The second kappa shape index (κ2) is 5.38. The fourth-order valence-electron chi connectivity index (χ4n) is 4.21. The zero-order valence-electron chi connectivity index (χ0n) is 15.9. The van der Waals surface area contributed by atoms with E-state index in [0.29, 0.717) is 6.17 Å². The summed E-state index contributed by atoms with van der Waals surface area (Å²) in [6.45, 7) is 9.08. The Kier molecular flexibility index (Phi) is 3.83. The molecule has 2 aliphatic rings. The summed E-state index contributed by atoms with van der Waals surface area (Å²) in [7, 11) is 6.12. The van der Waals surface area contributed by atoms with Gasteiger partial charge in [0.2, 0.25) is 0 Å². The number of hydrogen-bond donors (Lipinski definition) is 0. The van der Waals surface area contributed by atoms with Gasteiger partial charge in [-0.2, -0.15) is 0 Å². The van der Waals surface area contributed by atoms with Crippen LogP contribution in [0.5, 0.6) is 0 Å². The molecular weight excluding hydrogens is 302 g/mol. The van der Waals surface area contributed by atoms with Crippen molar-refractivity contribution in [3.05, 3.63) is 23.8 Å². The number of fused-ring (bicyclic) bond motifs is 3. The number of likely N-dealkylation sites (tertiary alicyclic amines) is 1. The van der Waals surface area contributed by atoms with E-state index in [1.165, 1.54) is 11.3 Å². The van der Waals surface area contributed by atoms with Crippen LogP contribution in [0.1, 0.15) is 39.7 Å². The Hall–Kier alpha value is -1.75. The number of carbonyl (C=O) groups excluding carboxylic acids is 1. The van der Waals surface area contributed by atoms with Gasteiger partial charge in [0, 0.05) is 37.4 Å². The normalized spacial score (nSPS) is 26.3. The summed E-state index contributed by atoms with van der Waals surface area (Å²) in [5, 5.41) is 0. The van der Waals surface area contributed by atoms with Crippen LogP contribution >= 0.6 is 0 Å². The van der Waals surface area contributed by atoms with E-state index in [4.69, 9.17) is 4.74 Å². The van der Waals surface area contributed by atoms with E-state index in [9.17, 15) is 4.79 Å². The molecule has 1 saturated heterocycles. The van der Waals surface area contributed by atoms with Gasteiger partial charge in [-0.1, -0.05) is 6.92 Å². The number of anilines is 2. The van der Waals surface area contributed by atoms with Crippen LogP contribution in [0.3, 0.4) is 0 Å². The Bertz CT molecular complexity index is 667. The zero-order valence-corrected chi connectivity index (χ0v) is 15.9. The largest absolute Gasteiger partial charge is 0.443 e. The third-order valence-corrected chi connectivity index (χ3v) is 5.37. The van der Waals surface area contributed by atoms with Crippen molar-refractivity contribution in [1.82, 2.24) is 4.90 Å². The quantitative estimate of drug-likeness (QED) is 0.790. The molecular formula is C19H29N3O2. The molecule has 0 bridgehead atoms. The van der Waals surface area contributed by atoms with E-state index in [2.05, 4.69) is 43.0 Å². The predicted molar refractivity (Wildman–Crippen MR) is 97.9 cm³/mol. The summed E-state index contributed by atoms with van der Waals surface area (Å²) in [5.74, 6) is 0. The number of ether oxygens (including phenoxy) is 1. The van der Waals surface area contributed by atoms with Crippen LogP contribution in [-0.2, 0) is 10.2 Å². The number of carbonyl (C=O) groups is 1. The molecule has 0 radical (unpaired) electrons. The van der Waals surface area contributed by atoms with Gasteiger partial charge in [-0.3, -0.25) is 9.80 Å². The molecule has 24 heavy (non-hydrogen) atoms. The third-order valence-electron chi connectivity index (χ3n) is 5.37. The van der Waals surface area contributed by atoms with Gasteiger partial charge in [0.25, 0.3) is 0 Å². The Labute approximate surface area is 145 Å². The Morgan fingerprint density at radius 2 is 2.00 bits per heavy atom. The zero-order chi connectivity index (χ0) is 17.9. The standard InChI is InChI=1S/C19H29N3O2/c1-18(2,3)24-17(23)21(6)13-8-9-15-14(12-13)19(4)10-11-20(5)16(19)22(15)7/h8-9,12,16H,10-11H2,1-7H3. The van der Waals surface area contributed by atoms with Crippen molar-refractivity contribution in [3.8, 4) is 0 Å². The van der Waals surface area contributed by atoms with Crippen molar-refractivity contribution in [2.75, 3.05) is 37.5 Å². The van der Waals surface area contributed by atoms with Gasteiger partial charge in [-0.15, -0.1) is 0 Å². The second-order valence-corrected chi connectivity index (χ2v) is 8.37. The van der Waals surface area contributed by atoms with Gasteiger partial charge in [0.05, 0.1) is 6.17 Å². The molecule has 1 fully saturated rings. The molecule has 2 atom stereocenters. The number of rotatable bonds is 1. The van der Waals surface area contributed by atoms with Gasteiger partial charge >= 0.3 is 6.09 Å². The Morgan fingerprint density at radius 1 is 1.33 bits per heavy atom. The predicted octanol–water partition coefficient (Wildman–Crippen LogP) is 3.43. The van der Waals surface area contributed by atoms with Crippen molar-refractivity contribution in [3.63, 3.8) is 0 Å². The fourth-order valence-corrected chi connectivity index (χ4v) is 4.21. The highest BCUT2D eigenvalue weighted by Gasteiger charge is 2.52. The summed E-state index contributed by atoms with van der Waals surface area (Å²) in [6, 6.07) is 6.29. The van der Waals surface area contributed by atoms with Gasteiger partial charge in [0.1, 0.15) is 5.60 Å². The number of nitrogens with zero attached hydrogens (tertiary/aromatic N) is 3. The van der Waals surface area contributed by atoms with Crippen LogP contribution in [0.4, 0.5) is 16.2 Å². The maximum absolute atomic E-state index is 12.4. The Balaban J connectivity index is 1.93. The van der Waals surface area contributed by atoms with Crippen molar-refractivity contribution in [2.45, 2.75) is 51.3 Å². The van der Waals surface area contributed by atoms with Gasteiger partial charge in [-0.05, 0) is 58.0 Å². The molecule has 0 saturated carbocycles. The first-order valence-corrected chi connectivity index (χ1v) is 8.59.